The molecule has 1 atom stereocenters. The first-order valence-electron chi connectivity index (χ1n) is 13.5. The van der Waals surface area contributed by atoms with Gasteiger partial charge >= 0.3 is 11.9 Å². The van der Waals surface area contributed by atoms with Crippen molar-refractivity contribution in [1.82, 2.24) is 0 Å². The normalized spacial score (nSPS) is 14.6. The SMILES string of the molecule is COC(=O)C1=C(C(=O)OC)N(c2ccc(-c3cccc(OCc4ccccc4)c3)cc2)C(N)=C(C#N)C1c1ccccc1. The summed E-state index contributed by atoms with van der Waals surface area (Å²) in [5.41, 5.74) is 10.5. The highest BCUT2D eigenvalue weighted by Crippen LogP contribution is 2.43. The van der Waals surface area contributed by atoms with Gasteiger partial charge in [-0.2, -0.15) is 5.26 Å². The summed E-state index contributed by atoms with van der Waals surface area (Å²) in [6.07, 6.45) is 0. The van der Waals surface area contributed by atoms with E-state index in [-0.39, 0.29) is 22.7 Å². The molecule has 1 aliphatic rings. The van der Waals surface area contributed by atoms with Gasteiger partial charge in [-0.3, -0.25) is 4.90 Å². The van der Waals surface area contributed by atoms with Crippen molar-refractivity contribution in [2.75, 3.05) is 19.1 Å². The lowest BCUT2D eigenvalue weighted by molar-refractivity contribution is -0.139. The predicted molar refractivity (Wildman–Crippen MR) is 162 cm³/mol. The number of allylic oxidation sites excluding steroid dienone is 1. The molecule has 8 heteroatoms. The van der Waals surface area contributed by atoms with E-state index >= 15 is 0 Å². The van der Waals surface area contributed by atoms with E-state index in [9.17, 15) is 14.9 Å². The number of nitriles is 1. The van der Waals surface area contributed by atoms with E-state index in [0.29, 0.717) is 17.9 Å². The molecule has 214 valence electrons. The highest BCUT2D eigenvalue weighted by molar-refractivity contribution is 6.06. The first-order valence-corrected chi connectivity index (χ1v) is 13.5. The maximum atomic E-state index is 13.3. The monoisotopic (exact) mass is 571 g/mol. The quantitative estimate of drug-likeness (QED) is 0.263. The number of anilines is 1. The number of methoxy groups -OCH3 is 2. The number of ether oxygens (including phenoxy) is 3. The molecule has 0 saturated heterocycles. The summed E-state index contributed by atoms with van der Waals surface area (Å²) in [6, 6.07) is 35.9. The molecule has 0 amide bonds. The van der Waals surface area contributed by atoms with Crippen LogP contribution in [0.15, 0.2) is 132 Å². The molecule has 1 unspecified atom stereocenters. The van der Waals surface area contributed by atoms with Crippen LogP contribution in [-0.4, -0.2) is 26.2 Å². The molecule has 0 aromatic heterocycles. The molecule has 5 rings (SSSR count). The largest absolute Gasteiger partial charge is 0.489 e. The summed E-state index contributed by atoms with van der Waals surface area (Å²) in [5, 5.41) is 10.2. The highest BCUT2D eigenvalue weighted by Gasteiger charge is 2.42. The van der Waals surface area contributed by atoms with Gasteiger partial charge in [0.2, 0.25) is 0 Å². The van der Waals surface area contributed by atoms with Crippen LogP contribution < -0.4 is 15.4 Å². The third-order valence-corrected chi connectivity index (χ3v) is 7.15. The van der Waals surface area contributed by atoms with Crippen LogP contribution in [0.3, 0.4) is 0 Å². The number of rotatable bonds is 8. The Morgan fingerprint density at radius 3 is 2.09 bits per heavy atom. The third-order valence-electron chi connectivity index (χ3n) is 7.15. The van der Waals surface area contributed by atoms with Gasteiger partial charge < -0.3 is 19.9 Å². The maximum Gasteiger partial charge on any atom is 0.355 e. The Kier molecular flexibility index (Phi) is 8.54. The second-order valence-corrected chi connectivity index (χ2v) is 9.68. The topological polar surface area (TPSA) is 115 Å². The van der Waals surface area contributed by atoms with Crippen molar-refractivity contribution in [3.8, 4) is 22.9 Å². The van der Waals surface area contributed by atoms with Crippen molar-refractivity contribution >= 4 is 17.6 Å². The van der Waals surface area contributed by atoms with Gasteiger partial charge in [0.15, 0.2) is 0 Å². The number of nitrogens with zero attached hydrogens (tertiary/aromatic N) is 2. The van der Waals surface area contributed by atoms with Crippen LogP contribution >= 0.6 is 0 Å². The average molecular weight is 572 g/mol. The molecule has 43 heavy (non-hydrogen) atoms. The molecule has 0 saturated carbocycles. The van der Waals surface area contributed by atoms with Crippen molar-refractivity contribution < 1.29 is 23.8 Å². The molecule has 1 heterocycles. The molecule has 8 nitrogen and oxygen atoms in total. The van der Waals surface area contributed by atoms with Crippen molar-refractivity contribution in [2.45, 2.75) is 12.5 Å². The summed E-state index contributed by atoms with van der Waals surface area (Å²) in [4.78, 5) is 27.9. The molecule has 0 fully saturated rings. The number of nitrogens with two attached hydrogens (primary N) is 1. The standard InChI is InChI=1S/C35H29N3O5/c1-41-34(39)31-30(25-12-7-4-8-13-25)29(21-36)33(37)38(32(31)35(40)42-2)27-18-16-24(17-19-27)26-14-9-15-28(20-26)43-22-23-10-5-3-6-11-23/h3-20,30H,22,37H2,1-2H3. The predicted octanol–water partition coefficient (Wildman–Crippen LogP) is 5.83. The summed E-state index contributed by atoms with van der Waals surface area (Å²) in [6.45, 7) is 0.445. The Labute approximate surface area is 249 Å². The van der Waals surface area contributed by atoms with Gasteiger partial charge in [0.25, 0.3) is 0 Å². The molecule has 4 aromatic carbocycles. The van der Waals surface area contributed by atoms with Gasteiger partial charge in [-0.05, 0) is 46.5 Å². The molecule has 0 bridgehead atoms. The second kappa shape index (κ2) is 12.8. The van der Waals surface area contributed by atoms with Gasteiger partial charge in [-0.15, -0.1) is 0 Å². The van der Waals surface area contributed by atoms with Crippen molar-refractivity contribution in [1.29, 1.82) is 5.26 Å². The van der Waals surface area contributed by atoms with Gasteiger partial charge in [0.1, 0.15) is 23.9 Å². The molecule has 0 aliphatic carbocycles. The number of hydrogen-bond donors (Lipinski definition) is 1. The second-order valence-electron chi connectivity index (χ2n) is 9.68. The smallest absolute Gasteiger partial charge is 0.355 e. The number of benzene rings is 4. The van der Waals surface area contributed by atoms with Crippen LogP contribution in [0.5, 0.6) is 5.75 Å². The summed E-state index contributed by atoms with van der Waals surface area (Å²) in [5.74, 6) is -1.77. The minimum atomic E-state index is -0.929. The lowest BCUT2D eigenvalue weighted by Crippen LogP contribution is -2.40. The number of esters is 2. The van der Waals surface area contributed by atoms with Crippen LogP contribution in [0.2, 0.25) is 0 Å². The fourth-order valence-corrected chi connectivity index (χ4v) is 5.09. The Balaban J connectivity index is 1.54. The van der Waals surface area contributed by atoms with E-state index in [0.717, 1.165) is 22.4 Å². The Morgan fingerprint density at radius 2 is 1.47 bits per heavy atom. The van der Waals surface area contributed by atoms with Crippen molar-refractivity contribution in [3.63, 3.8) is 0 Å². The molecule has 0 spiro atoms. The summed E-state index contributed by atoms with van der Waals surface area (Å²) >= 11 is 0. The van der Waals surface area contributed by atoms with Gasteiger partial charge in [-0.1, -0.05) is 84.9 Å². The molecular weight excluding hydrogens is 542 g/mol. The van der Waals surface area contributed by atoms with E-state index in [2.05, 4.69) is 6.07 Å². The van der Waals surface area contributed by atoms with Crippen LogP contribution in [-0.2, 0) is 25.7 Å². The number of hydrogen-bond acceptors (Lipinski definition) is 8. The maximum absolute atomic E-state index is 13.3. The van der Waals surface area contributed by atoms with Crippen molar-refractivity contribution in [3.05, 3.63) is 143 Å². The van der Waals surface area contributed by atoms with E-state index in [1.54, 1.807) is 36.4 Å². The highest BCUT2D eigenvalue weighted by atomic mass is 16.5. The third kappa shape index (κ3) is 5.83. The van der Waals surface area contributed by atoms with E-state index < -0.39 is 17.9 Å². The fourth-order valence-electron chi connectivity index (χ4n) is 5.09. The lowest BCUT2D eigenvalue weighted by Gasteiger charge is -2.36. The average Bonchev–Trinajstić information content (AvgIpc) is 3.07. The summed E-state index contributed by atoms with van der Waals surface area (Å²) in [7, 11) is 2.44. The van der Waals surface area contributed by atoms with Crippen LogP contribution in [0.25, 0.3) is 11.1 Å². The van der Waals surface area contributed by atoms with Gasteiger partial charge in [0.05, 0.1) is 37.4 Å². The Bertz CT molecular complexity index is 1740. The van der Waals surface area contributed by atoms with Gasteiger partial charge in [0, 0.05) is 5.69 Å². The zero-order chi connectivity index (χ0) is 30.3. The van der Waals surface area contributed by atoms with Gasteiger partial charge in [-0.25, -0.2) is 9.59 Å². The van der Waals surface area contributed by atoms with E-state index in [1.807, 2.05) is 72.8 Å². The Morgan fingerprint density at radius 1 is 0.814 bits per heavy atom. The first-order chi connectivity index (χ1) is 21.0. The minimum absolute atomic E-state index is 0.00784. The molecule has 2 N–H and O–H groups in total. The van der Waals surface area contributed by atoms with E-state index in [1.165, 1.54) is 19.1 Å². The first kappa shape index (κ1) is 28.7. The fraction of sp³-hybridized carbons (Fsp3) is 0.114. The minimum Gasteiger partial charge on any atom is -0.489 e. The zero-order valence-corrected chi connectivity index (χ0v) is 23.7. The Hall–Kier alpha value is -5.81. The van der Waals surface area contributed by atoms with Crippen molar-refractivity contribution in [2.24, 2.45) is 5.73 Å². The van der Waals surface area contributed by atoms with E-state index in [4.69, 9.17) is 19.9 Å². The van der Waals surface area contributed by atoms with Crippen LogP contribution in [0.1, 0.15) is 17.0 Å². The number of carbonyl (C=O) groups is 2. The number of carbonyl (C=O) groups excluding carboxylic acids is 2. The summed E-state index contributed by atoms with van der Waals surface area (Å²) < 4.78 is 16.2. The molecule has 0 radical (unpaired) electrons. The molecule has 4 aromatic rings. The lowest BCUT2D eigenvalue weighted by atomic mass is 9.81. The van der Waals surface area contributed by atoms with Crippen LogP contribution in [0.4, 0.5) is 5.69 Å². The molecule has 1 aliphatic heterocycles. The zero-order valence-electron chi connectivity index (χ0n) is 23.7. The molecular formula is C35H29N3O5. The van der Waals surface area contributed by atoms with Crippen LogP contribution in [0, 0.1) is 11.3 Å².